The van der Waals surface area contributed by atoms with Crippen LogP contribution < -0.4 is 5.56 Å². The molecule has 20 heavy (non-hydrogen) atoms. The van der Waals surface area contributed by atoms with Gasteiger partial charge in [-0.3, -0.25) is 4.79 Å². The molecule has 3 heterocycles. The van der Waals surface area contributed by atoms with Crippen molar-refractivity contribution in [2.24, 2.45) is 0 Å². The Bertz CT molecular complexity index is 665. The highest BCUT2D eigenvalue weighted by atomic mass is 35.5. The van der Waals surface area contributed by atoms with Crippen LogP contribution in [0.1, 0.15) is 18.9 Å². The minimum atomic E-state index is 0.000744. The highest BCUT2D eigenvalue weighted by molar-refractivity contribution is 6.28. The van der Waals surface area contributed by atoms with Crippen molar-refractivity contribution in [2.45, 2.75) is 18.9 Å². The van der Waals surface area contributed by atoms with Crippen molar-refractivity contribution in [1.29, 1.82) is 0 Å². The van der Waals surface area contributed by atoms with Gasteiger partial charge < -0.3 is 9.30 Å². The van der Waals surface area contributed by atoms with Gasteiger partial charge in [0.1, 0.15) is 0 Å². The summed E-state index contributed by atoms with van der Waals surface area (Å²) in [5.41, 5.74) is 1.58. The molecule has 0 atom stereocenters. The molecule has 0 unspecified atom stereocenters. The van der Waals surface area contributed by atoms with Crippen LogP contribution in [0.15, 0.2) is 35.4 Å². The number of hydrogen-bond donors (Lipinski definition) is 0. The standard InChI is InChI=1S/C14H14ClN3O2/c15-14-16-6-3-12(17-14)10-1-2-13(19)18(9-10)11-4-7-20-8-5-11/h1-3,6,9,11H,4-5,7-8H2. The van der Waals surface area contributed by atoms with Crippen LogP contribution in [0.25, 0.3) is 11.3 Å². The fraction of sp³-hybridized carbons (Fsp3) is 0.357. The lowest BCUT2D eigenvalue weighted by atomic mass is 10.1. The van der Waals surface area contributed by atoms with Gasteiger partial charge in [0.2, 0.25) is 5.28 Å². The van der Waals surface area contributed by atoms with E-state index in [4.69, 9.17) is 16.3 Å². The zero-order valence-corrected chi connectivity index (χ0v) is 11.6. The van der Waals surface area contributed by atoms with Crippen molar-refractivity contribution in [3.63, 3.8) is 0 Å². The fourth-order valence-corrected chi connectivity index (χ4v) is 2.55. The Kier molecular flexibility index (Phi) is 3.80. The van der Waals surface area contributed by atoms with Gasteiger partial charge >= 0.3 is 0 Å². The van der Waals surface area contributed by atoms with Crippen LogP contribution >= 0.6 is 11.6 Å². The van der Waals surface area contributed by atoms with Crippen molar-refractivity contribution in [2.75, 3.05) is 13.2 Å². The van der Waals surface area contributed by atoms with E-state index in [0.717, 1.165) is 18.4 Å². The van der Waals surface area contributed by atoms with Gasteiger partial charge in [0.05, 0.1) is 5.69 Å². The second-order valence-electron chi connectivity index (χ2n) is 4.72. The van der Waals surface area contributed by atoms with Gasteiger partial charge in [0, 0.05) is 43.3 Å². The molecule has 0 amide bonds. The van der Waals surface area contributed by atoms with Crippen LogP contribution in [0, 0.1) is 0 Å². The van der Waals surface area contributed by atoms with Crippen LogP contribution in [0.5, 0.6) is 0 Å². The normalized spacial score (nSPS) is 16.2. The molecule has 0 aliphatic carbocycles. The van der Waals surface area contributed by atoms with Crippen molar-refractivity contribution >= 4 is 11.6 Å². The minimum Gasteiger partial charge on any atom is -0.381 e. The Morgan fingerprint density at radius 1 is 1.25 bits per heavy atom. The first kappa shape index (κ1) is 13.3. The first-order valence-electron chi connectivity index (χ1n) is 6.53. The van der Waals surface area contributed by atoms with Crippen molar-refractivity contribution in [3.05, 3.63) is 46.2 Å². The molecule has 0 N–H and O–H groups in total. The van der Waals surface area contributed by atoms with E-state index in [9.17, 15) is 4.79 Å². The number of aromatic nitrogens is 3. The van der Waals surface area contributed by atoms with Crippen molar-refractivity contribution in [1.82, 2.24) is 14.5 Å². The Hall–Kier alpha value is -1.72. The zero-order valence-electron chi connectivity index (χ0n) is 10.8. The van der Waals surface area contributed by atoms with E-state index >= 15 is 0 Å². The third-order valence-electron chi connectivity index (χ3n) is 3.44. The van der Waals surface area contributed by atoms with E-state index in [0.29, 0.717) is 18.9 Å². The summed E-state index contributed by atoms with van der Waals surface area (Å²) < 4.78 is 7.11. The molecular formula is C14H14ClN3O2. The quantitative estimate of drug-likeness (QED) is 0.797. The molecule has 0 saturated carbocycles. The van der Waals surface area contributed by atoms with Gasteiger partial charge in [-0.15, -0.1) is 0 Å². The third-order valence-corrected chi connectivity index (χ3v) is 3.63. The highest BCUT2D eigenvalue weighted by Gasteiger charge is 2.17. The van der Waals surface area contributed by atoms with Crippen molar-refractivity contribution in [3.8, 4) is 11.3 Å². The summed E-state index contributed by atoms with van der Waals surface area (Å²) in [6, 6.07) is 5.30. The number of ether oxygens (including phenoxy) is 1. The average Bonchev–Trinajstić information content (AvgIpc) is 2.48. The molecular weight excluding hydrogens is 278 g/mol. The first-order chi connectivity index (χ1) is 9.74. The Morgan fingerprint density at radius 2 is 2.05 bits per heavy atom. The summed E-state index contributed by atoms with van der Waals surface area (Å²) >= 11 is 5.81. The predicted octanol–water partition coefficient (Wildman–Crippen LogP) is 2.31. The summed E-state index contributed by atoms with van der Waals surface area (Å²) in [4.78, 5) is 20.1. The van der Waals surface area contributed by atoms with E-state index in [1.165, 1.54) is 0 Å². The summed E-state index contributed by atoms with van der Waals surface area (Å²) in [5, 5.41) is 0.200. The second kappa shape index (κ2) is 5.73. The van der Waals surface area contributed by atoms with E-state index in [-0.39, 0.29) is 16.9 Å². The largest absolute Gasteiger partial charge is 0.381 e. The molecule has 2 aromatic rings. The molecule has 6 heteroatoms. The monoisotopic (exact) mass is 291 g/mol. The molecule has 5 nitrogen and oxygen atoms in total. The maximum absolute atomic E-state index is 12.0. The first-order valence-corrected chi connectivity index (χ1v) is 6.91. The van der Waals surface area contributed by atoms with E-state index in [1.807, 2.05) is 6.20 Å². The van der Waals surface area contributed by atoms with Crippen LogP contribution in [0.3, 0.4) is 0 Å². The summed E-state index contributed by atoms with van der Waals surface area (Å²) in [6.07, 6.45) is 5.16. The van der Waals surface area contributed by atoms with Crippen LogP contribution in [-0.2, 0) is 4.74 Å². The molecule has 1 saturated heterocycles. The molecule has 0 aromatic carbocycles. The number of nitrogens with zero attached hydrogens (tertiary/aromatic N) is 3. The predicted molar refractivity (Wildman–Crippen MR) is 75.8 cm³/mol. The Morgan fingerprint density at radius 3 is 2.80 bits per heavy atom. The maximum Gasteiger partial charge on any atom is 0.250 e. The SMILES string of the molecule is O=c1ccc(-c2ccnc(Cl)n2)cn1C1CCOCC1. The lowest BCUT2D eigenvalue weighted by molar-refractivity contribution is 0.0687. The minimum absolute atomic E-state index is 0.000744. The maximum atomic E-state index is 12.0. The lowest BCUT2D eigenvalue weighted by Gasteiger charge is -2.24. The molecule has 1 fully saturated rings. The second-order valence-corrected chi connectivity index (χ2v) is 5.06. The Labute approximate surface area is 121 Å². The van der Waals surface area contributed by atoms with Gasteiger partial charge in [0.25, 0.3) is 5.56 Å². The van der Waals surface area contributed by atoms with E-state index < -0.39 is 0 Å². The number of halogens is 1. The number of hydrogen-bond acceptors (Lipinski definition) is 4. The van der Waals surface area contributed by atoms with Gasteiger partial charge in [-0.25, -0.2) is 9.97 Å². The number of rotatable bonds is 2. The smallest absolute Gasteiger partial charge is 0.250 e. The molecule has 104 valence electrons. The third kappa shape index (κ3) is 2.73. The summed E-state index contributed by atoms with van der Waals surface area (Å²) in [7, 11) is 0. The fourth-order valence-electron chi connectivity index (χ4n) is 2.40. The van der Waals surface area contributed by atoms with Gasteiger partial charge in [-0.2, -0.15) is 0 Å². The summed E-state index contributed by atoms with van der Waals surface area (Å²) in [6.45, 7) is 1.39. The van der Waals surface area contributed by atoms with Gasteiger partial charge in [-0.1, -0.05) is 0 Å². The number of pyridine rings is 1. The van der Waals surface area contributed by atoms with Crippen molar-refractivity contribution < 1.29 is 4.74 Å². The molecule has 1 aliphatic rings. The lowest BCUT2D eigenvalue weighted by Crippen LogP contribution is -2.28. The molecule has 1 aliphatic heterocycles. The van der Waals surface area contributed by atoms with E-state index in [1.54, 1.807) is 29.0 Å². The topological polar surface area (TPSA) is 57.0 Å². The molecule has 0 spiro atoms. The molecule has 0 bridgehead atoms. The highest BCUT2D eigenvalue weighted by Crippen LogP contribution is 2.22. The zero-order chi connectivity index (χ0) is 13.9. The average molecular weight is 292 g/mol. The Balaban J connectivity index is 1.99. The molecule has 2 aromatic heterocycles. The summed E-state index contributed by atoms with van der Waals surface area (Å²) in [5.74, 6) is 0. The van der Waals surface area contributed by atoms with Gasteiger partial charge in [-0.05, 0) is 36.6 Å². The molecule has 0 radical (unpaired) electrons. The van der Waals surface area contributed by atoms with Crippen LogP contribution in [-0.4, -0.2) is 27.7 Å². The van der Waals surface area contributed by atoms with E-state index in [2.05, 4.69) is 9.97 Å². The molecule has 3 rings (SSSR count). The van der Waals surface area contributed by atoms with Crippen LogP contribution in [0.4, 0.5) is 0 Å². The van der Waals surface area contributed by atoms with Gasteiger partial charge in [0.15, 0.2) is 0 Å². The van der Waals surface area contributed by atoms with Crippen LogP contribution in [0.2, 0.25) is 5.28 Å².